The van der Waals surface area contributed by atoms with Crippen LogP contribution in [0.5, 0.6) is 5.75 Å². The maximum absolute atomic E-state index is 12.9. The van der Waals surface area contributed by atoms with Gasteiger partial charge in [0.2, 0.25) is 0 Å². The first-order valence-corrected chi connectivity index (χ1v) is 10.4. The first-order chi connectivity index (χ1) is 13.1. The molecule has 7 heteroatoms. The molecule has 4 rings (SSSR count). The molecule has 1 fully saturated rings. The summed E-state index contributed by atoms with van der Waals surface area (Å²) >= 11 is 7.61. The highest BCUT2D eigenvalue weighted by atomic mass is 35.5. The van der Waals surface area contributed by atoms with Crippen LogP contribution < -0.4 is 4.74 Å². The summed E-state index contributed by atoms with van der Waals surface area (Å²) in [6.45, 7) is 3.83. The molecule has 1 aliphatic carbocycles. The van der Waals surface area contributed by atoms with Crippen molar-refractivity contribution in [1.82, 2.24) is 14.5 Å². The lowest BCUT2D eigenvalue weighted by atomic mass is 10.3. The molecule has 2 heterocycles. The molecule has 1 amide bonds. The van der Waals surface area contributed by atoms with Gasteiger partial charge < -0.3 is 14.2 Å². The summed E-state index contributed by atoms with van der Waals surface area (Å²) in [5, 5.41) is 2.59. The number of nitrogens with zero attached hydrogens (tertiary/aromatic N) is 3. The van der Waals surface area contributed by atoms with Crippen LogP contribution in [0.25, 0.3) is 11.0 Å². The molecule has 27 heavy (non-hydrogen) atoms. The Hall–Kier alpha value is -2.05. The van der Waals surface area contributed by atoms with Gasteiger partial charge in [-0.2, -0.15) is 0 Å². The van der Waals surface area contributed by atoms with Gasteiger partial charge in [-0.05, 0) is 55.3 Å². The summed E-state index contributed by atoms with van der Waals surface area (Å²) in [5.74, 6) is 2.20. The molecule has 1 aliphatic rings. The maximum atomic E-state index is 12.9. The van der Waals surface area contributed by atoms with Crippen LogP contribution in [0.3, 0.4) is 0 Å². The summed E-state index contributed by atoms with van der Waals surface area (Å²) in [6, 6.07) is 7.61. The fraction of sp³-hybridized carbons (Fsp3) is 0.400. The average molecular weight is 404 g/mol. The minimum absolute atomic E-state index is 0.0449. The Bertz CT molecular complexity index is 977. The number of ether oxygens (including phenoxy) is 1. The van der Waals surface area contributed by atoms with Crippen molar-refractivity contribution in [3.8, 4) is 5.75 Å². The minimum atomic E-state index is -0.0449. The molecule has 1 saturated carbocycles. The van der Waals surface area contributed by atoms with Crippen LogP contribution >= 0.6 is 22.9 Å². The zero-order chi connectivity index (χ0) is 19.0. The summed E-state index contributed by atoms with van der Waals surface area (Å²) < 4.78 is 7.79. The molecule has 0 bridgehead atoms. The monoisotopic (exact) mass is 403 g/mol. The molecular formula is C20H22ClN3O2S. The smallest absolute Gasteiger partial charge is 0.267 e. The molecule has 1 aromatic carbocycles. The first-order valence-electron chi connectivity index (χ1n) is 9.17. The summed E-state index contributed by atoms with van der Waals surface area (Å²) in [6.07, 6.45) is 2.50. The van der Waals surface area contributed by atoms with Crippen molar-refractivity contribution in [3.63, 3.8) is 0 Å². The Morgan fingerprint density at radius 2 is 2.22 bits per heavy atom. The minimum Gasteiger partial charge on any atom is -0.492 e. The summed E-state index contributed by atoms with van der Waals surface area (Å²) in [7, 11) is 1.81. The number of carbonyl (C=O) groups excluding carboxylic acids is 1. The largest absolute Gasteiger partial charge is 0.492 e. The highest BCUT2D eigenvalue weighted by Gasteiger charge is 2.26. The van der Waals surface area contributed by atoms with E-state index in [2.05, 4.69) is 4.57 Å². The number of amides is 1. The number of rotatable bonds is 7. The van der Waals surface area contributed by atoms with Crippen molar-refractivity contribution in [2.75, 3.05) is 13.7 Å². The number of aromatic nitrogens is 2. The second kappa shape index (κ2) is 7.52. The van der Waals surface area contributed by atoms with Crippen LogP contribution in [0.2, 0.25) is 5.02 Å². The van der Waals surface area contributed by atoms with E-state index in [4.69, 9.17) is 21.3 Å². The number of halogens is 1. The lowest BCUT2D eigenvalue weighted by Crippen LogP contribution is -2.27. The molecule has 5 nitrogen and oxygen atoms in total. The number of benzene rings is 1. The standard InChI is InChI=1S/C20H22ClN3O2S/c1-3-26-17-8-9-27-19(17)20(25)23(2)12-18-22-15-7-6-14(21)10-16(15)24(18)11-13-4-5-13/h6-10,13H,3-5,11-12H2,1-2H3. The normalized spacial score (nSPS) is 13.9. The van der Waals surface area contributed by atoms with E-state index in [-0.39, 0.29) is 5.91 Å². The zero-order valence-electron chi connectivity index (χ0n) is 15.4. The van der Waals surface area contributed by atoms with Gasteiger partial charge in [0.15, 0.2) is 0 Å². The second-order valence-electron chi connectivity index (χ2n) is 6.92. The van der Waals surface area contributed by atoms with Crippen LogP contribution in [-0.2, 0) is 13.1 Å². The van der Waals surface area contributed by atoms with Gasteiger partial charge in [0.1, 0.15) is 16.5 Å². The van der Waals surface area contributed by atoms with Crippen molar-refractivity contribution in [1.29, 1.82) is 0 Å². The lowest BCUT2D eigenvalue weighted by Gasteiger charge is -2.18. The molecule has 0 unspecified atom stereocenters. The van der Waals surface area contributed by atoms with E-state index in [9.17, 15) is 4.79 Å². The van der Waals surface area contributed by atoms with Crippen molar-refractivity contribution in [3.05, 3.63) is 45.4 Å². The van der Waals surface area contributed by atoms with E-state index in [1.54, 1.807) is 4.90 Å². The number of thiophene rings is 1. The molecule has 0 N–H and O–H groups in total. The number of carbonyl (C=O) groups is 1. The Morgan fingerprint density at radius 3 is 2.96 bits per heavy atom. The van der Waals surface area contributed by atoms with E-state index < -0.39 is 0 Å². The molecule has 142 valence electrons. The third-order valence-corrected chi connectivity index (χ3v) is 5.89. The fourth-order valence-corrected chi connectivity index (χ4v) is 4.20. The molecule has 0 aliphatic heterocycles. The van der Waals surface area contributed by atoms with Crippen LogP contribution in [-0.4, -0.2) is 34.0 Å². The topological polar surface area (TPSA) is 47.4 Å². The van der Waals surface area contributed by atoms with Crippen LogP contribution in [0.1, 0.15) is 35.3 Å². The molecular weight excluding hydrogens is 382 g/mol. The van der Waals surface area contributed by atoms with E-state index >= 15 is 0 Å². The highest BCUT2D eigenvalue weighted by molar-refractivity contribution is 7.12. The Balaban J connectivity index is 1.62. The van der Waals surface area contributed by atoms with Crippen molar-refractivity contribution < 1.29 is 9.53 Å². The quantitative estimate of drug-likeness (QED) is 0.567. The lowest BCUT2D eigenvalue weighted by molar-refractivity contribution is 0.0781. The van der Waals surface area contributed by atoms with Gasteiger partial charge >= 0.3 is 0 Å². The number of hydrogen-bond acceptors (Lipinski definition) is 4. The first kappa shape index (κ1) is 18.3. The third-order valence-electron chi connectivity index (χ3n) is 4.78. The molecule has 3 aromatic rings. The SMILES string of the molecule is CCOc1ccsc1C(=O)N(C)Cc1nc2ccc(Cl)cc2n1CC1CC1. The fourth-order valence-electron chi connectivity index (χ4n) is 3.21. The molecule has 0 spiro atoms. The van der Waals surface area contributed by atoms with Gasteiger partial charge in [-0.3, -0.25) is 4.79 Å². The van der Waals surface area contributed by atoms with E-state index in [1.807, 2.05) is 43.6 Å². The predicted octanol–water partition coefficient (Wildman–Crippen LogP) is 4.83. The average Bonchev–Trinajstić information content (AvgIpc) is 3.26. The van der Waals surface area contributed by atoms with Gasteiger partial charge in [0.05, 0.1) is 24.2 Å². The number of fused-ring (bicyclic) bond motifs is 1. The third kappa shape index (κ3) is 3.82. The van der Waals surface area contributed by atoms with Crippen molar-refractivity contribution >= 4 is 39.9 Å². The van der Waals surface area contributed by atoms with Gasteiger partial charge in [-0.25, -0.2) is 4.98 Å². The Kier molecular flexibility index (Phi) is 5.10. The van der Waals surface area contributed by atoms with Gasteiger partial charge in [-0.1, -0.05) is 11.6 Å². The van der Waals surface area contributed by atoms with Gasteiger partial charge in [0.25, 0.3) is 5.91 Å². The van der Waals surface area contributed by atoms with Crippen LogP contribution in [0.15, 0.2) is 29.6 Å². The number of hydrogen-bond donors (Lipinski definition) is 0. The van der Waals surface area contributed by atoms with E-state index in [0.29, 0.717) is 34.7 Å². The second-order valence-corrected chi connectivity index (χ2v) is 8.28. The molecule has 0 atom stereocenters. The Labute approximate surface area is 167 Å². The van der Waals surface area contributed by atoms with Crippen molar-refractivity contribution in [2.45, 2.75) is 32.9 Å². The van der Waals surface area contributed by atoms with E-state index in [1.165, 1.54) is 24.2 Å². The summed E-state index contributed by atoms with van der Waals surface area (Å²) in [5.41, 5.74) is 1.96. The van der Waals surface area contributed by atoms with Gasteiger partial charge in [-0.15, -0.1) is 11.3 Å². The Morgan fingerprint density at radius 1 is 1.41 bits per heavy atom. The predicted molar refractivity (Wildman–Crippen MR) is 109 cm³/mol. The van der Waals surface area contributed by atoms with E-state index in [0.717, 1.165) is 23.4 Å². The number of imidazole rings is 1. The van der Waals surface area contributed by atoms with Crippen LogP contribution in [0.4, 0.5) is 0 Å². The molecule has 0 radical (unpaired) electrons. The summed E-state index contributed by atoms with van der Waals surface area (Å²) in [4.78, 5) is 20.0. The maximum Gasteiger partial charge on any atom is 0.267 e. The highest BCUT2D eigenvalue weighted by Crippen LogP contribution is 2.33. The zero-order valence-corrected chi connectivity index (χ0v) is 17.0. The molecule has 0 saturated heterocycles. The van der Waals surface area contributed by atoms with Gasteiger partial charge in [0, 0.05) is 18.6 Å². The van der Waals surface area contributed by atoms with Crippen molar-refractivity contribution in [2.24, 2.45) is 5.92 Å². The van der Waals surface area contributed by atoms with Crippen LogP contribution in [0, 0.1) is 5.92 Å². The molecule has 2 aromatic heterocycles.